The van der Waals surface area contributed by atoms with Crippen LogP contribution >= 0.6 is 0 Å². The normalized spacial score (nSPS) is 29.2. The summed E-state index contributed by atoms with van der Waals surface area (Å²) in [6.45, 7) is 6.74. The van der Waals surface area contributed by atoms with Crippen LogP contribution in [0.5, 0.6) is 0 Å². The molecule has 3 saturated heterocycles. The maximum atomic E-state index is 12.6. The number of hydrogen-bond donors (Lipinski definition) is 2. The van der Waals surface area contributed by atoms with E-state index in [9.17, 15) is 19.6 Å². The van der Waals surface area contributed by atoms with Crippen LogP contribution in [0.25, 0.3) is 0 Å². The molecule has 0 aromatic heterocycles. The first-order valence-corrected chi connectivity index (χ1v) is 8.73. The van der Waals surface area contributed by atoms with E-state index in [2.05, 4.69) is 5.32 Å². The van der Waals surface area contributed by atoms with Crippen LogP contribution < -0.4 is 5.32 Å². The molecular weight excluding hydrogens is 328 g/mol. The average Bonchev–Trinajstić information content (AvgIpc) is 3.06. The molecule has 0 aliphatic carbocycles. The number of piperidine rings is 1. The van der Waals surface area contributed by atoms with Crippen LogP contribution in [0.3, 0.4) is 0 Å². The Morgan fingerprint density at radius 3 is 2.60 bits per heavy atom. The minimum atomic E-state index is -0.559. The second-order valence-corrected chi connectivity index (χ2v) is 7.95. The zero-order chi connectivity index (χ0) is 18.4. The van der Waals surface area contributed by atoms with Crippen molar-refractivity contribution in [1.82, 2.24) is 20.2 Å². The van der Waals surface area contributed by atoms with Gasteiger partial charge in [-0.2, -0.15) is 0 Å². The van der Waals surface area contributed by atoms with Gasteiger partial charge in [0.05, 0.1) is 6.04 Å². The van der Waals surface area contributed by atoms with Crippen LogP contribution in [0, 0.1) is 0 Å². The number of ether oxygens (including phenoxy) is 1. The van der Waals surface area contributed by atoms with Gasteiger partial charge in [0.1, 0.15) is 11.6 Å². The van der Waals surface area contributed by atoms with Crippen LogP contribution in [0.1, 0.15) is 40.0 Å². The lowest BCUT2D eigenvalue weighted by Crippen LogP contribution is -2.52. The molecule has 3 aliphatic rings. The summed E-state index contributed by atoms with van der Waals surface area (Å²) in [7, 11) is 0. The lowest BCUT2D eigenvalue weighted by atomic mass is 10.00. The summed E-state index contributed by atoms with van der Waals surface area (Å²) in [5.41, 5.74) is -0.552. The number of nitrogens with zero attached hydrogens (tertiary/aromatic N) is 3. The Bertz CT molecular complexity index is 575. The molecule has 9 nitrogen and oxygen atoms in total. The summed E-state index contributed by atoms with van der Waals surface area (Å²) in [6, 6.07) is -1.44. The molecule has 3 rings (SSSR count). The monoisotopic (exact) mass is 354 g/mol. The second-order valence-electron chi connectivity index (χ2n) is 7.95. The Kier molecular flexibility index (Phi) is 4.52. The first-order chi connectivity index (χ1) is 11.7. The number of hydroxylamine groups is 2. The minimum Gasteiger partial charge on any atom is -0.444 e. The van der Waals surface area contributed by atoms with Gasteiger partial charge in [-0.1, -0.05) is 0 Å². The topological polar surface area (TPSA) is 102 Å². The largest absolute Gasteiger partial charge is 0.444 e. The zero-order valence-corrected chi connectivity index (χ0v) is 14.9. The predicted molar refractivity (Wildman–Crippen MR) is 86.9 cm³/mol. The van der Waals surface area contributed by atoms with Gasteiger partial charge in [0, 0.05) is 25.7 Å². The Labute approximate surface area is 146 Å². The van der Waals surface area contributed by atoms with E-state index in [1.165, 1.54) is 4.90 Å². The van der Waals surface area contributed by atoms with Gasteiger partial charge in [-0.25, -0.2) is 14.7 Å². The van der Waals surface area contributed by atoms with Gasteiger partial charge in [-0.15, -0.1) is 0 Å². The predicted octanol–water partition coefficient (Wildman–Crippen LogP) is 0.770. The van der Waals surface area contributed by atoms with Gasteiger partial charge in [0.2, 0.25) is 5.91 Å². The fraction of sp³-hybridized carbons (Fsp3) is 0.812. The Balaban J connectivity index is 1.53. The van der Waals surface area contributed by atoms with E-state index in [1.807, 2.05) is 20.8 Å². The first-order valence-electron chi connectivity index (χ1n) is 8.73. The lowest BCUT2D eigenvalue weighted by Gasteiger charge is -2.30. The summed E-state index contributed by atoms with van der Waals surface area (Å²) < 4.78 is 5.35. The third-order valence-electron chi connectivity index (χ3n) is 4.83. The van der Waals surface area contributed by atoms with Crippen molar-refractivity contribution in [3.63, 3.8) is 0 Å². The highest BCUT2D eigenvalue weighted by atomic mass is 16.6. The second kappa shape index (κ2) is 6.36. The van der Waals surface area contributed by atoms with Crippen molar-refractivity contribution in [1.29, 1.82) is 0 Å². The fourth-order valence-electron chi connectivity index (χ4n) is 3.59. The molecule has 0 unspecified atom stereocenters. The van der Waals surface area contributed by atoms with Crippen LogP contribution in [-0.2, 0) is 9.53 Å². The van der Waals surface area contributed by atoms with Gasteiger partial charge < -0.3 is 19.9 Å². The number of likely N-dealkylation sites (tertiary alicyclic amines) is 1. The highest BCUT2D eigenvalue weighted by Crippen LogP contribution is 2.28. The molecular formula is C16H26N4O5. The molecule has 140 valence electrons. The summed E-state index contributed by atoms with van der Waals surface area (Å²) in [6.07, 6.45) is 1.41. The molecule has 2 bridgehead atoms. The quantitative estimate of drug-likeness (QED) is 0.713. The number of fused-ring (bicyclic) bond motifs is 2. The molecule has 2 N–H and O–H groups in total. The molecule has 4 amide bonds. The van der Waals surface area contributed by atoms with Gasteiger partial charge in [0.25, 0.3) is 0 Å². The smallest absolute Gasteiger partial charge is 0.410 e. The van der Waals surface area contributed by atoms with E-state index in [1.54, 1.807) is 4.90 Å². The molecule has 0 spiro atoms. The van der Waals surface area contributed by atoms with Crippen molar-refractivity contribution >= 4 is 18.0 Å². The Morgan fingerprint density at radius 1 is 1.20 bits per heavy atom. The first kappa shape index (κ1) is 17.8. The van der Waals surface area contributed by atoms with E-state index in [0.29, 0.717) is 38.9 Å². The van der Waals surface area contributed by atoms with E-state index in [-0.39, 0.29) is 24.1 Å². The van der Waals surface area contributed by atoms with Crippen LogP contribution in [-0.4, -0.2) is 81.5 Å². The molecule has 0 saturated carbocycles. The lowest BCUT2D eigenvalue weighted by molar-refractivity contribution is -0.126. The van der Waals surface area contributed by atoms with Gasteiger partial charge in [0.15, 0.2) is 0 Å². The third kappa shape index (κ3) is 3.65. The summed E-state index contributed by atoms with van der Waals surface area (Å²) in [4.78, 5) is 39.6. The number of carbonyl (C=O) groups excluding carboxylic acids is 3. The SMILES string of the molecule is CC(C)(C)OC(=O)N1CC[C@@H](NC(=O)[C@@H]2CC[C@@H]3CN2C(=O)N3O)C1. The fourth-order valence-corrected chi connectivity index (χ4v) is 3.59. The maximum absolute atomic E-state index is 12.6. The number of urea groups is 1. The zero-order valence-electron chi connectivity index (χ0n) is 14.9. The molecule has 3 aliphatic heterocycles. The Morgan fingerprint density at radius 2 is 1.92 bits per heavy atom. The molecule has 25 heavy (non-hydrogen) atoms. The van der Waals surface area contributed by atoms with E-state index >= 15 is 0 Å². The number of rotatable bonds is 2. The van der Waals surface area contributed by atoms with E-state index in [4.69, 9.17) is 4.74 Å². The van der Waals surface area contributed by atoms with Crippen molar-refractivity contribution in [2.24, 2.45) is 0 Å². The van der Waals surface area contributed by atoms with E-state index < -0.39 is 17.7 Å². The standard InChI is InChI=1S/C16H26N4O5/c1-16(2,3)25-15(23)18-7-6-10(8-18)17-13(21)12-5-4-11-9-19(12)14(22)20(11)24/h10-12,24H,4-9H2,1-3H3,(H,17,21)/t10-,11-,12+/m1/s1. The van der Waals surface area contributed by atoms with Crippen LogP contribution in [0.4, 0.5) is 9.59 Å². The highest BCUT2D eigenvalue weighted by molar-refractivity contribution is 5.88. The molecule has 9 heteroatoms. The molecule has 3 atom stereocenters. The van der Waals surface area contributed by atoms with Crippen molar-refractivity contribution in [2.75, 3.05) is 19.6 Å². The van der Waals surface area contributed by atoms with Gasteiger partial charge in [-0.05, 0) is 40.0 Å². The van der Waals surface area contributed by atoms with E-state index in [0.717, 1.165) is 5.06 Å². The number of carbonyl (C=O) groups is 3. The van der Waals surface area contributed by atoms with Crippen LogP contribution in [0.15, 0.2) is 0 Å². The Hall–Kier alpha value is -2.03. The average molecular weight is 354 g/mol. The molecule has 0 radical (unpaired) electrons. The molecule has 3 heterocycles. The van der Waals surface area contributed by atoms with Crippen LogP contribution in [0.2, 0.25) is 0 Å². The number of amides is 4. The summed E-state index contributed by atoms with van der Waals surface area (Å²) in [5, 5.41) is 13.4. The summed E-state index contributed by atoms with van der Waals surface area (Å²) >= 11 is 0. The maximum Gasteiger partial charge on any atom is 0.410 e. The van der Waals surface area contributed by atoms with Crippen molar-refractivity contribution in [2.45, 2.75) is 63.8 Å². The number of hydrogen-bond acceptors (Lipinski definition) is 5. The molecule has 0 aromatic rings. The third-order valence-corrected chi connectivity index (χ3v) is 4.83. The minimum absolute atomic E-state index is 0.152. The van der Waals surface area contributed by atoms with Gasteiger partial charge >= 0.3 is 12.1 Å². The van der Waals surface area contributed by atoms with Crippen molar-refractivity contribution in [3.05, 3.63) is 0 Å². The molecule has 3 fully saturated rings. The van der Waals surface area contributed by atoms with Crippen molar-refractivity contribution < 1.29 is 24.3 Å². The highest BCUT2D eigenvalue weighted by Gasteiger charge is 2.47. The number of nitrogens with one attached hydrogen (secondary N) is 1. The van der Waals surface area contributed by atoms with Crippen molar-refractivity contribution in [3.8, 4) is 0 Å². The molecule has 0 aromatic carbocycles. The summed E-state index contributed by atoms with van der Waals surface area (Å²) in [5.74, 6) is -0.224. The van der Waals surface area contributed by atoms with Gasteiger partial charge in [-0.3, -0.25) is 10.0 Å².